The van der Waals surface area contributed by atoms with Crippen molar-refractivity contribution < 1.29 is 4.42 Å². The molecule has 3 aromatic rings. The van der Waals surface area contributed by atoms with Crippen LogP contribution >= 0.6 is 0 Å². The molecule has 0 bridgehead atoms. The van der Waals surface area contributed by atoms with Crippen LogP contribution < -0.4 is 5.32 Å². The summed E-state index contributed by atoms with van der Waals surface area (Å²) in [5.41, 5.74) is 3.44. The van der Waals surface area contributed by atoms with E-state index in [4.69, 9.17) is 4.42 Å². The summed E-state index contributed by atoms with van der Waals surface area (Å²) in [4.78, 5) is 4.67. The SMILES string of the molecule is CNCCc1ccc2c(c1)nc(-c1ccco1)n2C. The summed E-state index contributed by atoms with van der Waals surface area (Å²) in [6.45, 7) is 0.976. The van der Waals surface area contributed by atoms with E-state index in [1.165, 1.54) is 5.56 Å². The van der Waals surface area contributed by atoms with Gasteiger partial charge in [-0.25, -0.2) is 4.98 Å². The second-order valence-corrected chi connectivity index (χ2v) is 4.65. The summed E-state index contributed by atoms with van der Waals surface area (Å²) >= 11 is 0. The monoisotopic (exact) mass is 255 g/mol. The minimum absolute atomic E-state index is 0.801. The summed E-state index contributed by atoms with van der Waals surface area (Å²) in [6.07, 6.45) is 2.69. The van der Waals surface area contributed by atoms with Crippen molar-refractivity contribution in [3.05, 3.63) is 42.2 Å². The van der Waals surface area contributed by atoms with Crippen LogP contribution in [-0.4, -0.2) is 23.1 Å². The van der Waals surface area contributed by atoms with Crippen molar-refractivity contribution >= 4 is 11.0 Å². The van der Waals surface area contributed by atoms with Gasteiger partial charge in [0.05, 0.1) is 17.3 Å². The number of fused-ring (bicyclic) bond motifs is 1. The van der Waals surface area contributed by atoms with Crippen LogP contribution in [0.2, 0.25) is 0 Å². The smallest absolute Gasteiger partial charge is 0.176 e. The number of aromatic nitrogens is 2. The van der Waals surface area contributed by atoms with Gasteiger partial charge in [0, 0.05) is 7.05 Å². The average molecular weight is 255 g/mol. The quantitative estimate of drug-likeness (QED) is 0.779. The highest BCUT2D eigenvalue weighted by Gasteiger charge is 2.11. The van der Waals surface area contributed by atoms with Crippen molar-refractivity contribution in [2.45, 2.75) is 6.42 Å². The van der Waals surface area contributed by atoms with Gasteiger partial charge in [-0.15, -0.1) is 0 Å². The molecule has 0 radical (unpaired) electrons. The van der Waals surface area contributed by atoms with E-state index in [0.29, 0.717) is 0 Å². The van der Waals surface area contributed by atoms with Crippen LogP contribution in [0, 0.1) is 0 Å². The third kappa shape index (κ3) is 2.15. The molecule has 0 saturated carbocycles. The molecule has 2 heterocycles. The Morgan fingerprint density at radius 2 is 2.21 bits per heavy atom. The number of furan rings is 1. The van der Waals surface area contributed by atoms with Crippen molar-refractivity contribution in [1.82, 2.24) is 14.9 Å². The zero-order valence-electron chi connectivity index (χ0n) is 11.2. The highest BCUT2D eigenvalue weighted by molar-refractivity contribution is 5.80. The fourth-order valence-corrected chi connectivity index (χ4v) is 2.30. The molecule has 19 heavy (non-hydrogen) atoms. The highest BCUT2D eigenvalue weighted by Crippen LogP contribution is 2.24. The van der Waals surface area contributed by atoms with E-state index in [2.05, 4.69) is 33.1 Å². The Hall–Kier alpha value is -2.07. The second-order valence-electron chi connectivity index (χ2n) is 4.65. The number of rotatable bonds is 4. The van der Waals surface area contributed by atoms with E-state index in [1.54, 1.807) is 6.26 Å². The van der Waals surface area contributed by atoms with Gasteiger partial charge in [-0.2, -0.15) is 0 Å². The average Bonchev–Trinajstić information content (AvgIpc) is 3.04. The number of hydrogen-bond donors (Lipinski definition) is 1. The number of aryl methyl sites for hydroxylation is 1. The molecule has 0 atom stereocenters. The van der Waals surface area contributed by atoms with Crippen LogP contribution in [0.5, 0.6) is 0 Å². The summed E-state index contributed by atoms with van der Waals surface area (Å²) in [5.74, 6) is 1.67. The van der Waals surface area contributed by atoms with Gasteiger partial charge in [0.1, 0.15) is 0 Å². The first-order valence-corrected chi connectivity index (χ1v) is 6.43. The molecule has 1 N–H and O–H groups in total. The fourth-order valence-electron chi connectivity index (χ4n) is 2.30. The van der Waals surface area contributed by atoms with Crippen LogP contribution in [0.25, 0.3) is 22.6 Å². The van der Waals surface area contributed by atoms with E-state index < -0.39 is 0 Å². The van der Waals surface area contributed by atoms with Gasteiger partial charge in [0.2, 0.25) is 0 Å². The molecule has 0 unspecified atom stereocenters. The van der Waals surface area contributed by atoms with E-state index >= 15 is 0 Å². The lowest BCUT2D eigenvalue weighted by molar-refractivity contribution is 0.574. The lowest BCUT2D eigenvalue weighted by Crippen LogP contribution is -2.10. The molecule has 3 rings (SSSR count). The molecule has 0 saturated heterocycles. The van der Waals surface area contributed by atoms with Gasteiger partial charge < -0.3 is 14.3 Å². The predicted molar refractivity (Wildman–Crippen MR) is 76.0 cm³/mol. The van der Waals surface area contributed by atoms with Crippen molar-refractivity contribution in [2.75, 3.05) is 13.6 Å². The Morgan fingerprint density at radius 3 is 2.95 bits per heavy atom. The lowest BCUT2D eigenvalue weighted by atomic mass is 10.1. The minimum atomic E-state index is 0.801. The first-order chi connectivity index (χ1) is 9.29. The van der Waals surface area contributed by atoms with Crippen LogP contribution in [0.1, 0.15) is 5.56 Å². The Kier molecular flexibility index (Phi) is 3.09. The lowest BCUT2D eigenvalue weighted by Gasteiger charge is -2.01. The largest absolute Gasteiger partial charge is 0.461 e. The number of likely N-dealkylation sites (N-methyl/N-ethyl adjacent to an activating group) is 1. The Labute approximate surface area is 112 Å². The molecule has 0 amide bonds. The summed E-state index contributed by atoms with van der Waals surface area (Å²) < 4.78 is 7.50. The topological polar surface area (TPSA) is 43.0 Å². The first-order valence-electron chi connectivity index (χ1n) is 6.43. The van der Waals surface area contributed by atoms with Gasteiger partial charge in [-0.1, -0.05) is 6.07 Å². The maximum atomic E-state index is 5.43. The molecule has 0 aliphatic carbocycles. The van der Waals surface area contributed by atoms with Crippen LogP contribution in [0.15, 0.2) is 41.0 Å². The Morgan fingerprint density at radius 1 is 1.32 bits per heavy atom. The predicted octanol–water partition coefficient (Wildman–Crippen LogP) is 2.60. The number of benzene rings is 1. The van der Waals surface area contributed by atoms with E-state index in [-0.39, 0.29) is 0 Å². The Bertz CT molecular complexity index is 683. The number of hydrogen-bond acceptors (Lipinski definition) is 3. The normalized spacial score (nSPS) is 11.3. The molecule has 0 fully saturated rings. The van der Waals surface area contributed by atoms with E-state index in [9.17, 15) is 0 Å². The zero-order chi connectivity index (χ0) is 13.2. The third-order valence-electron chi connectivity index (χ3n) is 3.35. The molecule has 1 aromatic carbocycles. The van der Waals surface area contributed by atoms with E-state index in [1.807, 2.05) is 26.2 Å². The van der Waals surface area contributed by atoms with E-state index in [0.717, 1.165) is 35.6 Å². The standard InChI is InChI=1S/C15H17N3O/c1-16-8-7-11-5-6-13-12(10-11)17-15(18(13)2)14-4-3-9-19-14/h3-6,9-10,16H,7-8H2,1-2H3. The Balaban J connectivity index is 2.05. The van der Waals surface area contributed by atoms with Crippen molar-refractivity contribution in [1.29, 1.82) is 0 Å². The highest BCUT2D eigenvalue weighted by atomic mass is 16.3. The molecule has 98 valence electrons. The van der Waals surface area contributed by atoms with Gasteiger partial charge in [-0.05, 0) is 49.8 Å². The molecule has 0 aliphatic heterocycles. The van der Waals surface area contributed by atoms with Crippen molar-refractivity contribution in [3.63, 3.8) is 0 Å². The number of nitrogens with one attached hydrogen (secondary N) is 1. The fraction of sp³-hybridized carbons (Fsp3) is 0.267. The second kappa shape index (κ2) is 4.90. The first kappa shape index (κ1) is 12.0. The zero-order valence-corrected chi connectivity index (χ0v) is 11.2. The van der Waals surface area contributed by atoms with Crippen LogP contribution in [-0.2, 0) is 13.5 Å². The molecule has 4 nitrogen and oxygen atoms in total. The maximum absolute atomic E-state index is 5.43. The minimum Gasteiger partial charge on any atom is -0.461 e. The molecular weight excluding hydrogens is 238 g/mol. The van der Waals surface area contributed by atoms with Crippen molar-refractivity contribution in [3.8, 4) is 11.6 Å². The maximum Gasteiger partial charge on any atom is 0.176 e. The third-order valence-corrected chi connectivity index (χ3v) is 3.35. The van der Waals surface area contributed by atoms with Gasteiger partial charge in [0.15, 0.2) is 11.6 Å². The van der Waals surface area contributed by atoms with Crippen molar-refractivity contribution in [2.24, 2.45) is 7.05 Å². The molecule has 2 aromatic heterocycles. The molecule has 4 heteroatoms. The number of nitrogens with zero attached hydrogens (tertiary/aromatic N) is 2. The summed E-state index contributed by atoms with van der Waals surface area (Å²) in [6, 6.07) is 10.3. The van der Waals surface area contributed by atoms with Gasteiger partial charge in [-0.3, -0.25) is 0 Å². The van der Waals surface area contributed by atoms with Gasteiger partial charge >= 0.3 is 0 Å². The van der Waals surface area contributed by atoms with Crippen LogP contribution in [0.4, 0.5) is 0 Å². The summed E-state index contributed by atoms with van der Waals surface area (Å²) in [7, 11) is 3.98. The molecule has 0 aliphatic rings. The number of imidazole rings is 1. The molecule has 0 spiro atoms. The molecular formula is C15H17N3O. The van der Waals surface area contributed by atoms with Crippen LogP contribution in [0.3, 0.4) is 0 Å². The summed E-state index contributed by atoms with van der Waals surface area (Å²) in [5, 5.41) is 3.16. The van der Waals surface area contributed by atoms with Gasteiger partial charge in [0.25, 0.3) is 0 Å².